The van der Waals surface area contributed by atoms with Crippen molar-refractivity contribution in [1.29, 1.82) is 0 Å². The first-order valence-corrected chi connectivity index (χ1v) is 8.74. The van der Waals surface area contributed by atoms with Gasteiger partial charge in [-0.2, -0.15) is 13.2 Å². The van der Waals surface area contributed by atoms with Gasteiger partial charge in [-0.3, -0.25) is 14.9 Å². The van der Waals surface area contributed by atoms with Crippen LogP contribution in [0.3, 0.4) is 0 Å². The van der Waals surface area contributed by atoms with E-state index in [9.17, 15) is 27.2 Å². The molecule has 11 heteroatoms. The summed E-state index contributed by atoms with van der Waals surface area (Å²) in [5.41, 5.74) is -2.65. The number of nitrogens with zero attached hydrogens (tertiary/aromatic N) is 3. The first-order valence-electron chi connectivity index (χ1n) is 7.95. The van der Waals surface area contributed by atoms with Crippen LogP contribution in [0, 0.1) is 5.82 Å². The Kier molecular flexibility index (Phi) is 5.13. The van der Waals surface area contributed by atoms with Gasteiger partial charge in [0.15, 0.2) is 5.82 Å². The Bertz CT molecular complexity index is 936. The van der Waals surface area contributed by atoms with E-state index < -0.39 is 42.3 Å². The molecule has 1 aromatic carbocycles. The zero-order chi connectivity index (χ0) is 20.7. The van der Waals surface area contributed by atoms with E-state index in [2.05, 4.69) is 31.2 Å². The smallest absolute Gasteiger partial charge is 0.328 e. The molecule has 0 fully saturated rings. The van der Waals surface area contributed by atoms with E-state index >= 15 is 0 Å². The van der Waals surface area contributed by atoms with Crippen molar-refractivity contribution in [1.82, 2.24) is 14.9 Å². The van der Waals surface area contributed by atoms with Gasteiger partial charge < -0.3 is 4.90 Å². The van der Waals surface area contributed by atoms with E-state index in [-0.39, 0.29) is 21.5 Å². The lowest BCUT2D eigenvalue weighted by atomic mass is 9.75. The molecule has 148 valence electrons. The van der Waals surface area contributed by atoms with Crippen LogP contribution in [-0.2, 0) is 10.2 Å². The van der Waals surface area contributed by atoms with Crippen molar-refractivity contribution >= 4 is 33.7 Å². The van der Waals surface area contributed by atoms with Gasteiger partial charge in [0.2, 0.25) is 11.9 Å². The number of hydrogen-bond acceptors (Lipinski definition) is 4. The van der Waals surface area contributed by atoms with Gasteiger partial charge in [-0.25, -0.2) is 14.4 Å². The second-order valence-corrected chi connectivity index (χ2v) is 7.28. The number of hydrogen-bond donors (Lipinski definition) is 1. The Balaban J connectivity index is 1.90. The minimum atomic E-state index is -4.65. The third-order valence-electron chi connectivity index (χ3n) is 4.45. The Hall–Kier alpha value is -2.56. The number of anilines is 1. The fourth-order valence-corrected chi connectivity index (χ4v) is 3.52. The van der Waals surface area contributed by atoms with E-state index in [0.717, 1.165) is 24.2 Å². The fourth-order valence-electron chi connectivity index (χ4n) is 2.98. The maximum Gasteiger partial charge on any atom is 0.399 e. The predicted octanol–water partition coefficient (Wildman–Crippen LogP) is 3.29. The number of aromatic nitrogens is 2. The Labute approximate surface area is 165 Å². The Morgan fingerprint density at radius 2 is 1.96 bits per heavy atom. The molecule has 0 radical (unpaired) electrons. The number of fused-ring (bicyclic) bond motifs is 1. The zero-order valence-electron chi connectivity index (χ0n) is 14.3. The molecule has 0 saturated heterocycles. The number of carbonyl (C=O) groups excluding carboxylic acids is 2. The molecule has 1 aromatic heterocycles. The van der Waals surface area contributed by atoms with Gasteiger partial charge in [-0.05, 0) is 34.5 Å². The van der Waals surface area contributed by atoms with Gasteiger partial charge in [-0.15, -0.1) is 0 Å². The first-order chi connectivity index (χ1) is 13.0. The summed E-state index contributed by atoms with van der Waals surface area (Å²) in [6.45, 7) is -0.388. The molecule has 0 saturated carbocycles. The van der Waals surface area contributed by atoms with E-state index in [1.807, 2.05) is 0 Å². The molecule has 1 aliphatic heterocycles. The summed E-state index contributed by atoms with van der Waals surface area (Å²) >= 11 is 3.12. The summed E-state index contributed by atoms with van der Waals surface area (Å²) in [6, 6.07) is 4.15. The van der Waals surface area contributed by atoms with Gasteiger partial charge in [0, 0.05) is 11.0 Å². The van der Waals surface area contributed by atoms with Crippen LogP contribution in [-0.4, -0.2) is 45.9 Å². The van der Waals surface area contributed by atoms with Crippen molar-refractivity contribution in [3.63, 3.8) is 0 Å². The molecule has 2 aromatic rings. The normalized spacial score (nSPS) is 19.4. The van der Waals surface area contributed by atoms with Crippen LogP contribution in [0.5, 0.6) is 0 Å². The predicted molar refractivity (Wildman–Crippen MR) is 94.1 cm³/mol. The van der Waals surface area contributed by atoms with Gasteiger partial charge in [0.25, 0.3) is 5.91 Å². The highest BCUT2D eigenvalue weighted by molar-refractivity contribution is 9.10. The second kappa shape index (κ2) is 7.12. The number of rotatable bonds is 3. The average molecular weight is 461 g/mol. The lowest BCUT2D eigenvalue weighted by Crippen LogP contribution is -2.56. The van der Waals surface area contributed by atoms with Gasteiger partial charge >= 0.3 is 6.18 Å². The van der Waals surface area contributed by atoms with Crippen LogP contribution >= 0.6 is 15.9 Å². The lowest BCUT2D eigenvalue weighted by Gasteiger charge is -2.42. The van der Waals surface area contributed by atoms with Crippen molar-refractivity contribution in [3.8, 4) is 0 Å². The van der Waals surface area contributed by atoms with Crippen molar-refractivity contribution in [2.45, 2.75) is 18.5 Å². The average Bonchev–Trinajstić information content (AvgIpc) is 2.60. The molecule has 0 spiro atoms. The molecule has 1 aliphatic rings. The maximum absolute atomic E-state index is 13.8. The number of alkyl halides is 3. The summed E-state index contributed by atoms with van der Waals surface area (Å²) in [7, 11) is 0. The molecule has 0 bridgehead atoms. The minimum absolute atomic E-state index is 0.139. The van der Waals surface area contributed by atoms with Gasteiger partial charge in [0.05, 0.1) is 18.0 Å². The Morgan fingerprint density at radius 1 is 1.32 bits per heavy atom. The number of carbonyl (C=O) groups is 2. The SMILES string of the molecule is C[C@@]1(C(F)(F)F)CN(CC(=O)Nc2ncc(F)cn2)C(=O)c2c(Br)cccc21. The highest BCUT2D eigenvalue weighted by atomic mass is 79.9. The molecule has 1 atom stereocenters. The molecule has 28 heavy (non-hydrogen) atoms. The van der Waals surface area contributed by atoms with E-state index in [1.54, 1.807) is 0 Å². The van der Waals surface area contributed by atoms with Crippen LogP contribution in [0.2, 0.25) is 0 Å². The number of halogens is 5. The van der Waals surface area contributed by atoms with Crippen molar-refractivity contribution in [3.05, 3.63) is 52.0 Å². The van der Waals surface area contributed by atoms with E-state index in [0.29, 0.717) is 0 Å². The highest BCUT2D eigenvalue weighted by Crippen LogP contribution is 2.46. The number of benzene rings is 1. The topological polar surface area (TPSA) is 75.2 Å². The molecule has 6 nitrogen and oxygen atoms in total. The number of amides is 2. The van der Waals surface area contributed by atoms with Crippen molar-refractivity contribution in [2.24, 2.45) is 0 Å². The van der Waals surface area contributed by atoms with Crippen molar-refractivity contribution < 1.29 is 27.2 Å². The van der Waals surface area contributed by atoms with Crippen LogP contribution in [0.25, 0.3) is 0 Å². The third kappa shape index (κ3) is 3.58. The van der Waals surface area contributed by atoms with E-state index in [4.69, 9.17) is 0 Å². The Morgan fingerprint density at radius 3 is 2.57 bits per heavy atom. The summed E-state index contributed by atoms with van der Waals surface area (Å²) in [6.07, 6.45) is -3.01. The van der Waals surface area contributed by atoms with Crippen molar-refractivity contribution in [2.75, 3.05) is 18.4 Å². The van der Waals surface area contributed by atoms with E-state index in [1.165, 1.54) is 18.2 Å². The molecule has 0 aliphatic carbocycles. The van der Waals surface area contributed by atoms with Crippen LogP contribution in [0.4, 0.5) is 23.5 Å². The third-order valence-corrected chi connectivity index (χ3v) is 5.11. The van der Waals surface area contributed by atoms with Gasteiger partial charge in [0.1, 0.15) is 12.0 Å². The molecular weight excluding hydrogens is 448 g/mol. The van der Waals surface area contributed by atoms with Crippen LogP contribution in [0.1, 0.15) is 22.8 Å². The molecular formula is C17H13BrF4N4O2. The quantitative estimate of drug-likeness (QED) is 0.713. The minimum Gasteiger partial charge on any atom is -0.328 e. The lowest BCUT2D eigenvalue weighted by molar-refractivity contribution is -0.190. The standard InChI is InChI=1S/C17H13BrF4N4O2/c1-16(17(20,21)22)8-26(14(28)13-10(16)3-2-4-11(13)18)7-12(27)25-15-23-5-9(19)6-24-15/h2-6H,7-8H2,1H3,(H,23,24,25,27)/t16-/m1/s1. The molecule has 1 N–H and O–H groups in total. The zero-order valence-corrected chi connectivity index (χ0v) is 15.9. The fraction of sp³-hybridized carbons (Fsp3) is 0.294. The summed E-state index contributed by atoms with van der Waals surface area (Å²) in [5, 5.41) is 2.23. The monoisotopic (exact) mass is 460 g/mol. The molecule has 2 heterocycles. The van der Waals surface area contributed by atoms with Crippen LogP contribution < -0.4 is 5.32 Å². The molecule has 0 unspecified atom stereocenters. The highest BCUT2D eigenvalue weighted by Gasteiger charge is 2.57. The molecule has 3 rings (SSSR count). The van der Waals surface area contributed by atoms with Crippen LogP contribution in [0.15, 0.2) is 35.1 Å². The summed E-state index contributed by atoms with van der Waals surface area (Å²) in [5.74, 6) is -2.46. The molecule has 2 amide bonds. The maximum atomic E-state index is 13.8. The largest absolute Gasteiger partial charge is 0.399 e. The first kappa shape index (κ1) is 20.2. The number of nitrogens with one attached hydrogen (secondary N) is 1. The second-order valence-electron chi connectivity index (χ2n) is 6.43. The van der Waals surface area contributed by atoms with Gasteiger partial charge in [-0.1, -0.05) is 12.1 Å². The summed E-state index contributed by atoms with van der Waals surface area (Å²) < 4.78 is 54.6. The summed E-state index contributed by atoms with van der Waals surface area (Å²) in [4.78, 5) is 32.8.